The lowest BCUT2D eigenvalue weighted by atomic mass is 10.4. The van der Waals surface area contributed by atoms with Gasteiger partial charge >= 0.3 is 5.97 Å². The first-order valence-electron chi connectivity index (χ1n) is 3.16. The number of anilines is 1. The Morgan fingerprint density at radius 2 is 2.23 bits per heavy atom. The van der Waals surface area contributed by atoms with Crippen LogP contribution in [0.25, 0.3) is 0 Å². The predicted molar refractivity (Wildman–Crippen MR) is 50.2 cm³/mol. The van der Waals surface area contributed by atoms with Gasteiger partial charge in [0, 0.05) is 0 Å². The van der Waals surface area contributed by atoms with Crippen LogP contribution in [-0.2, 0) is 0 Å². The van der Waals surface area contributed by atoms with Crippen LogP contribution in [0, 0.1) is 0 Å². The number of rotatable bonds is 2. The number of thioether (sulfide) groups is 1. The molecule has 70 valence electrons. The van der Waals surface area contributed by atoms with Crippen molar-refractivity contribution in [1.82, 2.24) is 9.97 Å². The molecule has 0 aromatic carbocycles. The zero-order valence-electron chi connectivity index (χ0n) is 6.61. The molecule has 1 aromatic heterocycles. The zero-order valence-corrected chi connectivity index (χ0v) is 8.19. The number of hydrogen-bond donors (Lipinski definition) is 2. The fraction of sp³-hybridized carbons (Fsp3) is 0.167. The number of carboxylic acids is 1. The van der Waals surface area contributed by atoms with E-state index in [1.807, 2.05) is 0 Å². The van der Waals surface area contributed by atoms with Gasteiger partial charge in [0.25, 0.3) is 0 Å². The molecule has 0 aliphatic carbocycles. The van der Waals surface area contributed by atoms with Crippen molar-refractivity contribution in [2.75, 3.05) is 12.0 Å². The van der Waals surface area contributed by atoms with E-state index in [0.29, 0.717) is 5.16 Å². The summed E-state index contributed by atoms with van der Waals surface area (Å²) in [5, 5.41) is 8.84. The van der Waals surface area contributed by atoms with Crippen LogP contribution in [0.2, 0.25) is 5.02 Å². The Morgan fingerprint density at radius 3 is 2.69 bits per heavy atom. The van der Waals surface area contributed by atoms with E-state index in [1.54, 1.807) is 6.26 Å². The highest BCUT2D eigenvalue weighted by Gasteiger charge is 2.15. The summed E-state index contributed by atoms with van der Waals surface area (Å²) in [4.78, 5) is 18.1. The summed E-state index contributed by atoms with van der Waals surface area (Å²) in [5.41, 5.74) is 5.11. The van der Waals surface area contributed by atoms with Crippen molar-refractivity contribution in [2.24, 2.45) is 0 Å². The van der Waals surface area contributed by atoms with Gasteiger partial charge in [-0.1, -0.05) is 23.4 Å². The lowest BCUT2D eigenvalue weighted by Crippen LogP contribution is -2.07. The molecule has 0 fully saturated rings. The van der Waals surface area contributed by atoms with Crippen LogP contribution >= 0.6 is 23.4 Å². The molecule has 0 amide bonds. The van der Waals surface area contributed by atoms with Gasteiger partial charge in [0.2, 0.25) is 0 Å². The number of carboxylic acid groups (broad SMARTS) is 1. The molecule has 0 radical (unpaired) electrons. The Morgan fingerprint density at radius 1 is 1.62 bits per heavy atom. The Kier molecular flexibility index (Phi) is 2.94. The molecule has 3 N–H and O–H groups in total. The molecule has 5 nitrogen and oxygen atoms in total. The van der Waals surface area contributed by atoms with Crippen LogP contribution in [-0.4, -0.2) is 27.3 Å². The Labute approximate surface area is 83.3 Å². The molecule has 0 atom stereocenters. The zero-order chi connectivity index (χ0) is 10.0. The van der Waals surface area contributed by atoms with Crippen LogP contribution in [0.1, 0.15) is 10.5 Å². The quantitative estimate of drug-likeness (QED) is 0.573. The lowest BCUT2D eigenvalue weighted by Gasteiger charge is -2.02. The van der Waals surface area contributed by atoms with E-state index in [1.165, 1.54) is 11.8 Å². The third-order valence-electron chi connectivity index (χ3n) is 1.24. The Balaban J connectivity index is 3.33. The summed E-state index contributed by atoms with van der Waals surface area (Å²) < 4.78 is 0. The second-order valence-corrected chi connectivity index (χ2v) is 3.21. The number of aromatic carboxylic acids is 1. The molecule has 1 heterocycles. The number of carbonyl (C=O) groups is 1. The maximum absolute atomic E-state index is 10.6. The SMILES string of the molecule is CSc1nc(N)c(Cl)c(C(=O)O)n1. The molecule has 0 spiro atoms. The van der Waals surface area contributed by atoms with E-state index >= 15 is 0 Å². The van der Waals surface area contributed by atoms with E-state index < -0.39 is 5.97 Å². The van der Waals surface area contributed by atoms with Crippen molar-refractivity contribution in [3.05, 3.63) is 10.7 Å². The smallest absolute Gasteiger partial charge is 0.356 e. The maximum Gasteiger partial charge on any atom is 0.356 e. The minimum Gasteiger partial charge on any atom is -0.476 e. The third-order valence-corrected chi connectivity index (χ3v) is 2.16. The first-order chi connectivity index (χ1) is 6.06. The highest BCUT2D eigenvalue weighted by atomic mass is 35.5. The number of nitrogens with two attached hydrogens (primary N) is 1. The fourth-order valence-electron chi connectivity index (χ4n) is 0.676. The van der Waals surface area contributed by atoms with E-state index in [9.17, 15) is 4.79 Å². The molecule has 0 bridgehead atoms. The average Bonchev–Trinajstić information content (AvgIpc) is 2.09. The molecule has 1 aromatic rings. The highest BCUT2D eigenvalue weighted by Crippen LogP contribution is 2.22. The first-order valence-corrected chi connectivity index (χ1v) is 4.76. The molecule has 0 saturated heterocycles. The number of nitrogens with zero attached hydrogens (tertiary/aromatic N) is 2. The number of nitrogen functional groups attached to an aromatic ring is 1. The van der Waals surface area contributed by atoms with Crippen LogP contribution in [0.3, 0.4) is 0 Å². The summed E-state index contributed by atoms with van der Waals surface area (Å²) in [6, 6.07) is 0. The highest BCUT2D eigenvalue weighted by molar-refractivity contribution is 7.98. The molecule has 0 aliphatic heterocycles. The predicted octanol–water partition coefficient (Wildman–Crippen LogP) is 1.13. The van der Waals surface area contributed by atoms with Gasteiger partial charge < -0.3 is 10.8 Å². The van der Waals surface area contributed by atoms with Crippen LogP contribution in [0.15, 0.2) is 5.16 Å². The fourth-order valence-corrected chi connectivity index (χ4v) is 1.21. The van der Waals surface area contributed by atoms with Crippen molar-refractivity contribution < 1.29 is 9.90 Å². The van der Waals surface area contributed by atoms with Gasteiger partial charge in [0.1, 0.15) is 10.8 Å². The number of aromatic nitrogens is 2. The second-order valence-electron chi connectivity index (χ2n) is 2.06. The van der Waals surface area contributed by atoms with Gasteiger partial charge in [-0.25, -0.2) is 14.8 Å². The summed E-state index contributed by atoms with van der Waals surface area (Å²) in [5.74, 6) is -1.23. The normalized spacial score (nSPS) is 10.0. The average molecular weight is 220 g/mol. The van der Waals surface area contributed by atoms with E-state index in [0.717, 1.165) is 0 Å². The minimum atomic E-state index is -1.21. The van der Waals surface area contributed by atoms with Crippen LogP contribution in [0.5, 0.6) is 0 Å². The first kappa shape index (κ1) is 10.1. The van der Waals surface area contributed by atoms with Gasteiger partial charge in [0.15, 0.2) is 10.9 Å². The van der Waals surface area contributed by atoms with Gasteiger partial charge in [-0.3, -0.25) is 0 Å². The van der Waals surface area contributed by atoms with Crippen LogP contribution < -0.4 is 5.73 Å². The largest absolute Gasteiger partial charge is 0.476 e. The topological polar surface area (TPSA) is 89.1 Å². The molecule has 7 heteroatoms. The molecule has 0 saturated carbocycles. The van der Waals surface area contributed by atoms with Crippen molar-refractivity contribution in [3.8, 4) is 0 Å². The van der Waals surface area contributed by atoms with E-state index in [2.05, 4.69) is 9.97 Å². The van der Waals surface area contributed by atoms with Crippen molar-refractivity contribution in [3.63, 3.8) is 0 Å². The summed E-state index contributed by atoms with van der Waals surface area (Å²) in [6.07, 6.45) is 1.72. The maximum atomic E-state index is 10.6. The number of halogens is 1. The van der Waals surface area contributed by atoms with Crippen molar-refractivity contribution >= 4 is 35.1 Å². The third kappa shape index (κ3) is 2.02. The molecule has 0 aliphatic rings. The monoisotopic (exact) mass is 219 g/mol. The van der Waals surface area contributed by atoms with E-state index in [4.69, 9.17) is 22.4 Å². The van der Waals surface area contributed by atoms with Gasteiger partial charge in [0.05, 0.1) is 0 Å². The lowest BCUT2D eigenvalue weighted by molar-refractivity contribution is 0.0689. The molecule has 0 unspecified atom stereocenters. The summed E-state index contributed by atoms with van der Waals surface area (Å²) in [6.45, 7) is 0. The molecular formula is C6H6ClN3O2S. The second kappa shape index (κ2) is 3.80. The number of hydrogen-bond acceptors (Lipinski definition) is 5. The van der Waals surface area contributed by atoms with Crippen molar-refractivity contribution in [2.45, 2.75) is 5.16 Å². The molecular weight excluding hydrogens is 214 g/mol. The minimum absolute atomic E-state index is 0.0154. The standard InChI is InChI=1S/C6H6ClN3O2S/c1-13-6-9-3(5(11)12)2(7)4(8)10-6/h1H3,(H,11,12)(H2,8,9,10). The summed E-state index contributed by atoms with van der Waals surface area (Å²) >= 11 is 6.78. The Bertz CT molecular complexity index is 358. The van der Waals surface area contributed by atoms with Crippen molar-refractivity contribution in [1.29, 1.82) is 0 Å². The van der Waals surface area contributed by atoms with E-state index in [-0.39, 0.29) is 16.5 Å². The Hall–Kier alpha value is -1.01. The molecule has 1 rings (SSSR count). The van der Waals surface area contributed by atoms with Crippen LogP contribution in [0.4, 0.5) is 5.82 Å². The summed E-state index contributed by atoms with van der Waals surface area (Å²) in [7, 11) is 0. The molecule has 13 heavy (non-hydrogen) atoms. The van der Waals surface area contributed by atoms with Gasteiger partial charge in [-0.05, 0) is 6.26 Å². The van der Waals surface area contributed by atoms with Gasteiger partial charge in [-0.15, -0.1) is 0 Å². The van der Waals surface area contributed by atoms with Gasteiger partial charge in [-0.2, -0.15) is 0 Å².